The van der Waals surface area contributed by atoms with E-state index in [2.05, 4.69) is 9.47 Å². The van der Waals surface area contributed by atoms with E-state index in [9.17, 15) is 31.5 Å². The molecule has 0 aromatic carbocycles. The lowest BCUT2D eigenvalue weighted by Crippen LogP contribution is -2.70. The van der Waals surface area contributed by atoms with Crippen molar-refractivity contribution in [3.8, 4) is 0 Å². The lowest BCUT2D eigenvalue weighted by atomic mass is 9.94. The molecule has 154 valence electrons. The fraction of sp³-hybridized carbons (Fsp3) is 0.867. The molecule has 5 nitrogen and oxygen atoms in total. The summed E-state index contributed by atoms with van der Waals surface area (Å²) < 4.78 is 82.1. The highest BCUT2D eigenvalue weighted by molar-refractivity contribution is 6.70. The molecule has 0 heterocycles. The van der Waals surface area contributed by atoms with E-state index in [0.29, 0.717) is 0 Å². The number of ether oxygens (including phenoxy) is 2. The van der Waals surface area contributed by atoms with Gasteiger partial charge in [0.2, 0.25) is 0 Å². The summed E-state index contributed by atoms with van der Waals surface area (Å²) in [6.45, 7) is 7.46. The Bertz CT molecular complexity index is 502. The van der Waals surface area contributed by atoms with Gasteiger partial charge in [-0.05, 0) is 32.0 Å². The molecule has 26 heavy (non-hydrogen) atoms. The van der Waals surface area contributed by atoms with E-state index >= 15 is 0 Å². The van der Waals surface area contributed by atoms with Gasteiger partial charge >= 0.3 is 29.6 Å². The molecule has 0 aliphatic heterocycles. The van der Waals surface area contributed by atoms with E-state index in [1.54, 1.807) is 13.8 Å². The van der Waals surface area contributed by atoms with Gasteiger partial charge in [0.15, 0.2) is 8.32 Å². The first-order valence-corrected chi connectivity index (χ1v) is 11.4. The van der Waals surface area contributed by atoms with Crippen molar-refractivity contribution < 1.29 is 45.4 Å². The minimum atomic E-state index is -6.24. The van der Waals surface area contributed by atoms with E-state index in [1.165, 1.54) is 26.6 Å². The molecule has 1 atom stereocenters. The van der Waals surface area contributed by atoms with Crippen molar-refractivity contribution in [2.24, 2.45) is 5.92 Å². The first kappa shape index (κ1) is 24.8. The molecule has 0 radical (unpaired) electrons. The van der Waals surface area contributed by atoms with Crippen LogP contribution in [0.3, 0.4) is 0 Å². The molecular formula is C15H25F5O5Si. The van der Waals surface area contributed by atoms with E-state index in [0.717, 1.165) is 0 Å². The molecule has 0 bridgehead atoms. The maximum atomic E-state index is 14.4. The van der Waals surface area contributed by atoms with Gasteiger partial charge in [0, 0.05) is 0 Å². The van der Waals surface area contributed by atoms with Gasteiger partial charge in [-0.1, -0.05) is 20.8 Å². The molecule has 0 amide bonds. The molecule has 0 rings (SSSR count). The summed E-state index contributed by atoms with van der Waals surface area (Å²) in [5, 5.41) is 0. The summed E-state index contributed by atoms with van der Waals surface area (Å²) in [5.41, 5.74) is -4.25. The zero-order valence-corrected chi connectivity index (χ0v) is 16.6. The maximum Gasteiger partial charge on any atom is 0.457 e. The van der Waals surface area contributed by atoms with E-state index < -0.39 is 51.2 Å². The molecule has 0 aliphatic rings. The lowest BCUT2D eigenvalue weighted by Gasteiger charge is -2.40. The number of carbonyl (C=O) groups is 2. The number of hydrogen-bond acceptors (Lipinski definition) is 5. The van der Waals surface area contributed by atoms with Gasteiger partial charge in [-0.2, -0.15) is 22.0 Å². The number of hydrogen-bond donors (Lipinski definition) is 0. The molecule has 0 saturated heterocycles. The summed E-state index contributed by atoms with van der Waals surface area (Å²) in [4.78, 5) is 24.6. The van der Waals surface area contributed by atoms with Crippen molar-refractivity contribution in [2.75, 3.05) is 13.2 Å². The predicted octanol–water partition coefficient (Wildman–Crippen LogP) is 3.93. The van der Waals surface area contributed by atoms with Gasteiger partial charge in [-0.15, -0.1) is 0 Å². The maximum absolute atomic E-state index is 14.4. The van der Waals surface area contributed by atoms with Crippen molar-refractivity contribution in [3.05, 3.63) is 0 Å². The van der Waals surface area contributed by atoms with Crippen LogP contribution >= 0.6 is 0 Å². The van der Waals surface area contributed by atoms with Crippen LogP contribution in [0.1, 0.15) is 27.2 Å². The van der Waals surface area contributed by atoms with Crippen LogP contribution in [0.5, 0.6) is 0 Å². The Hall–Kier alpha value is -1.23. The summed E-state index contributed by atoms with van der Waals surface area (Å²) in [6.07, 6.45) is -6.10. The molecule has 0 fully saturated rings. The zero-order chi connectivity index (χ0) is 21.0. The summed E-state index contributed by atoms with van der Waals surface area (Å²) in [6, 6.07) is 0. The molecule has 0 aromatic heterocycles. The standard InChI is InChI=1S/C15H25F5O5Si/c1-7-8-23-11(21)13(25-26(4,5)6,12(22)24-9-10(2)3)14(16,17)15(18,19)20/h10H,7-9H2,1-6H3. The van der Waals surface area contributed by atoms with Gasteiger partial charge in [0.05, 0.1) is 13.2 Å². The van der Waals surface area contributed by atoms with Crippen molar-refractivity contribution in [3.63, 3.8) is 0 Å². The van der Waals surface area contributed by atoms with Crippen LogP contribution in [0.4, 0.5) is 22.0 Å². The largest absolute Gasteiger partial charge is 0.463 e. The smallest absolute Gasteiger partial charge is 0.457 e. The van der Waals surface area contributed by atoms with Gasteiger partial charge in [-0.3, -0.25) is 0 Å². The highest BCUT2D eigenvalue weighted by Crippen LogP contribution is 2.48. The molecular weight excluding hydrogens is 383 g/mol. The molecule has 0 aliphatic carbocycles. The van der Waals surface area contributed by atoms with Gasteiger partial charge in [0.1, 0.15) is 0 Å². The van der Waals surface area contributed by atoms with Crippen LogP contribution in [0.2, 0.25) is 19.6 Å². The average molecular weight is 408 g/mol. The summed E-state index contributed by atoms with van der Waals surface area (Å²) in [7, 11) is -3.28. The minimum Gasteiger partial charge on any atom is -0.463 e. The number of alkyl halides is 5. The highest BCUT2D eigenvalue weighted by Gasteiger charge is 2.80. The number of rotatable bonds is 9. The van der Waals surface area contributed by atoms with Crippen molar-refractivity contribution in [1.29, 1.82) is 0 Å². The van der Waals surface area contributed by atoms with Crippen LogP contribution in [0, 0.1) is 5.92 Å². The number of esters is 2. The highest BCUT2D eigenvalue weighted by atomic mass is 28.4. The Morgan fingerprint density at radius 2 is 1.42 bits per heavy atom. The Labute approximate surface area is 150 Å². The van der Waals surface area contributed by atoms with Crippen LogP contribution in [-0.2, 0) is 23.5 Å². The Kier molecular flexibility index (Phi) is 8.23. The molecule has 0 spiro atoms. The van der Waals surface area contributed by atoms with Crippen LogP contribution in [0.15, 0.2) is 0 Å². The first-order chi connectivity index (χ1) is 11.5. The quantitative estimate of drug-likeness (QED) is 0.250. The Morgan fingerprint density at radius 1 is 0.962 bits per heavy atom. The molecule has 11 heteroatoms. The second kappa shape index (κ2) is 8.64. The van der Waals surface area contributed by atoms with Crippen LogP contribution in [-0.4, -0.2) is 51.2 Å². The van der Waals surface area contributed by atoms with Crippen LogP contribution < -0.4 is 0 Å². The number of carbonyl (C=O) groups excluding carboxylic acids is 2. The number of halogens is 5. The van der Waals surface area contributed by atoms with E-state index in [-0.39, 0.29) is 12.3 Å². The fourth-order valence-corrected chi connectivity index (χ4v) is 3.00. The Balaban J connectivity index is 6.43. The van der Waals surface area contributed by atoms with Crippen LogP contribution in [0.25, 0.3) is 0 Å². The van der Waals surface area contributed by atoms with Crippen molar-refractivity contribution >= 4 is 20.3 Å². The summed E-state index contributed by atoms with van der Waals surface area (Å²) >= 11 is 0. The second-order valence-corrected chi connectivity index (χ2v) is 11.5. The monoisotopic (exact) mass is 408 g/mol. The third kappa shape index (κ3) is 5.63. The topological polar surface area (TPSA) is 61.8 Å². The molecule has 0 N–H and O–H groups in total. The molecule has 0 aromatic rings. The predicted molar refractivity (Wildman–Crippen MR) is 85.2 cm³/mol. The normalized spacial score (nSPS) is 15.5. The third-order valence-corrected chi connectivity index (χ3v) is 3.74. The average Bonchev–Trinajstić information content (AvgIpc) is 2.45. The first-order valence-electron chi connectivity index (χ1n) is 8.02. The fourth-order valence-electron chi connectivity index (χ4n) is 1.79. The SMILES string of the molecule is CCCOC(=O)C(O[Si](C)(C)C)(C(=O)OCC(C)C)C(F)(F)C(F)(F)F. The third-order valence-electron chi connectivity index (χ3n) is 2.82. The van der Waals surface area contributed by atoms with Gasteiger partial charge < -0.3 is 13.9 Å². The summed E-state index contributed by atoms with van der Waals surface area (Å²) in [5.74, 6) is -10.4. The van der Waals surface area contributed by atoms with Crippen molar-refractivity contribution in [1.82, 2.24) is 0 Å². The molecule has 0 saturated carbocycles. The van der Waals surface area contributed by atoms with E-state index in [4.69, 9.17) is 4.43 Å². The van der Waals surface area contributed by atoms with E-state index in [1.807, 2.05) is 0 Å². The lowest BCUT2D eigenvalue weighted by molar-refractivity contribution is -0.330. The van der Waals surface area contributed by atoms with Crippen molar-refractivity contribution in [2.45, 2.75) is 64.5 Å². The Morgan fingerprint density at radius 3 is 1.77 bits per heavy atom. The zero-order valence-electron chi connectivity index (χ0n) is 15.6. The molecule has 1 unspecified atom stereocenters. The second-order valence-electron chi connectivity index (χ2n) is 7.10. The van der Waals surface area contributed by atoms with Gasteiger partial charge in [0.25, 0.3) is 0 Å². The van der Waals surface area contributed by atoms with Gasteiger partial charge in [-0.25, -0.2) is 9.59 Å². The minimum absolute atomic E-state index is 0.146.